The molecule has 0 aromatic carbocycles. The van der Waals surface area contributed by atoms with Crippen molar-refractivity contribution in [3.8, 4) is 0 Å². The molecule has 0 amide bonds. The van der Waals surface area contributed by atoms with E-state index in [0.29, 0.717) is 36.5 Å². The molecule has 15 heavy (non-hydrogen) atoms. The van der Waals surface area contributed by atoms with E-state index in [-0.39, 0.29) is 0 Å². The van der Waals surface area contributed by atoms with Crippen molar-refractivity contribution in [3.63, 3.8) is 0 Å². The Balaban J connectivity index is 4.84. The number of rotatable bonds is 8. The van der Waals surface area contributed by atoms with Crippen LogP contribution in [0.2, 0.25) is 0 Å². The molecule has 0 aliphatic carbocycles. The quantitative estimate of drug-likeness (QED) is 0.373. The fraction of sp³-hybridized carbons (Fsp3) is 1.00. The van der Waals surface area contributed by atoms with Gasteiger partial charge in [0.05, 0.1) is 10.2 Å². The molecule has 3 nitrogen and oxygen atoms in total. The topological polar surface area (TPSA) is 27.7 Å². The maximum atomic E-state index is 6.41. The van der Waals surface area contributed by atoms with E-state index in [9.17, 15) is 0 Å². The van der Waals surface area contributed by atoms with Crippen LogP contribution < -0.4 is 0 Å². The van der Waals surface area contributed by atoms with Crippen molar-refractivity contribution in [3.05, 3.63) is 0 Å². The molecule has 0 N–H and O–H groups in total. The third-order valence-electron chi connectivity index (χ3n) is 2.32. The molecule has 0 bridgehead atoms. The molecule has 0 saturated heterocycles. The lowest BCUT2D eigenvalue weighted by Crippen LogP contribution is -2.56. The highest BCUT2D eigenvalue weighted by Gasteiger charge is 2.48. The molecule has 0 aliphatic heterocycles. The lowest BCUT2D eigenvalue weighted by Gasteiger charge is -2.43. The standard InChI is InChI=1S/C10H23ClO3Si/c1-5-9(12-6-2,13-7-3)10(11,15)14-8-4/h5-8H2,1-4,15H3. The lowest BCUT2D eigenvalue weighted by molar-refractivity contribution is -0.283. The number of halogens is 1. The van der Waals surface area contributed by atoms with E-state index in [1.807, 2.05) is 27.7 Å². The van der Waals surface area contributed by atoms with E-state index >= 15 is 0 Å². The van der Waals surface area contributed by atoms with Crippen molar-refractivity contribution in [2.24, 2.45) is 0 Å². The van der Waals surface area contributed by atoms with E-state index < -0.39 is 10.5 Å². The molecule has 5 heteroatoms. The first-order valence-corrected chi connectivity index (χ1v) is 6.98. The van der Waals surface area contributed by atoms with Gasteiger partial charge in [-0.15, -0.1) is 0 Å². The van der Waals surface area contributed by atoms with Gasteiger partial charge in [0.25, 0.3) is 0 Å². The average Bonchev–Trinajstić information content (AvgIpc) is 2.17. The Morgan fingerprint density at radius 1 is 0.933 bits per heavy atom. The number of ether oxygens (including phenoxy) is 3. The number of hydrogen-bond donors (Lipinski definition) is 0. The van der Waals surface area contributed by atoms with Gasteiger partial charge in [-0.05, 0) is 20.8 Å². The van der Waals surface area contributed by atoms with Crippen molar-refractivity contribution >= 4 is 21.8 Å². The highest BCUT2D eigenvalue weighted by atomic mass is 35.5. The molecule has 0 aromatic heterocycles. The molecule has 0 saturated carbocycles. The fourth-order valence-electron chi connectivity index (χ4n) is 1.67. The van der Waals surface area contributed by atoms with E-state index in [0.717, 1.165) is 0 Å². The summed E-state index contributed by atoms with van der Waals surface area (Å²) < 4.78 is 16.1. The Bertz CT molecular complexity index is 170. The van der Waals surface area contributed by atoms with Crippen LogP contribution in [0.4, 0.5) is 0 Å². The monoisotopic (exact) mass is 254 g/mol. The average molecular weight is 255 g/mol. The zero-order chi connectivity index (χ0) is 11.9. The minimum absolute atomic E-state index is 0.564. The second-order valence-corrected chi connectivity index (χ2v) is 6.09. The number of alkyl halides is 1. The van der Waals surface area contributed by atoms with Gasteiger partial charge in [-0.2, -0.15) is 0 Å². The summed E-state index contributed by atoms with van der Waals surface area (Å²) in [6.45, 7) is 9.49. The fourth-order valence-corrected chi connectivity index (χ4v) is 2.95. The Labute approximate surface area is 101 Å². The van der Waals surface area contributed by atoms with Gasteiger partial charge in [0.1, 0.15) is 0 Å². The minimum atomic E-state index is -0.817. The summed E-state index contributed by atoms with van der Waals surface area (Å²) in [5.74, 6) is -0.805. The van der Waals surface area contributed by atoms with Gasteiger partial charge in [-0.25, -0.2) is 0 Å². The van der Waals surface area contributed by atoms with Gasteiger partial charge < -0.3 is 14.2 Å². The molecule has 0 radical (unpaired) electrons. The van der Waals surface area contributed by atoms with Gasteiger partial charge in [-0.3, -0.25) is 0 Å². The molecule has 0 aromatic rings. The van der Waals surface area contributed by atoms with Gasteiger partial charge in [0.2, 0.25) is 5.79 Å². The Morgan fingerprint density at radius 3 is 1.60 bits per heavy atom. The first-order chi connectivity index (χ1) is 6.99. The van der Waals surface area contributed by atoms with Crippen LogP contribution >= 0.6 is 11.6 Å². The maximum absolute atomic E-state index is 6.41. The lowest BCUT2D eigenvalue weighted by atomic mass is 10.2. The predicted octanol–water partition coefficient (Wildman–Crippen LogP) is 1.46. The van der Waals surface area contributed by atoms with Gasteiger partial charge in [0.15, 0.2) is 4.68 Å². The second-order valence-electron chi connectivity index (χ2n) is 3.32. The van der Waals surface area contributed by atoms with Crippen LogP contribution in [0.1, 0.15) is 34.1 Å². The van der Waals surface area contributed by atoms with Crippen LogP contribution in [0.25, 0.3) is 0 Å². The van der Waals surface area contributed by atoms with Crippen LogP contribution in [-0.2, 0) is 14.2 Å². The molecular weight excluding hydrogens is 232 g/mol. The zero-order valence-corrected chi connectivity index (χ0v) is 13.2. The summed E-state index contributed by atoms with van der Waals surface area (Å²) in [4.78, 5) is 0. The van der Waals surface area contributed by atoms with Crippen molar-refractivity contribution < 1.29 is 14.2 Å². The summed E-state index contributed by atoms with van der Waals surface area (Å²) in [5.41, 5.74) is 0. The largest absolute Gasteiger partial charge is 0.359 e. The van der Waals surface area contributed by atoms with E-state index in [4.69, 9.17) is 25.8 Å². The molecular formula is C10H23ClO3Si. The molecule has 0 heterocycles. The van der Waals surface area contributed by atoms with Crippen molar-refractivity contribution in [2.75, 3.05) is 19.8 Å². The van der Waals surface area contributed by atoms with Crippen molar-refractivity contribution in [1.29, 1.82) is 0 Å². The smallest absolute Gasteiger partial charge is 0.207 e. The zero-order valence-electron chi connectivity index (χ0n) is 10.4. The Morgan fingerprint density at radius 2 is 1.33 bits per heavy atom. The summed E-state index contributed by atoms with van der Waals surface area (Å²) in [7, 11) is 0.646. The summed E-state index contributed by atoms with van der Waals surface area (Å²) in [6, 6.07) is 0. The summed E-state index contributed by atoms with van der Waals surface area (Å²) >= 11 is 6.41. The van der Waals surface area contributed by atoms with Gasteiger partial charge >= 0.3 is 0 Å². The minimum Gasteiger partial charge on any atom is -0.359 e. The normalized spacial score (nSPS) is 16.6. The van der Waals surface area contributed by atoms with Gasteiger partial charge in [0, 0.05) is 26.2 Å². The highest BCUT2D eigenvalue weighted by Crippen LogP contribution is 2.35. The Hall–Kier alpha value is 0.387. The van der Waals surface area contributed by atoms with Crippen LogP contribution in [-0.4, -0.2) is 40.5 Å². The second kappa shape index (κ2) is 6.86. The molecule has 1 atom stereocenters. The van der Waals surface area contributed by atoms with Crippen LogP contribution in [0, 0.1) is 0 Å². The molecule has 1 unspecified atom stereocenters. The SMILES string of the molecule is CCOC([SiH3])(Cl)C(CC)(OCC)OCC. The van der Waals surface area contributed by atoms with Gasteiger partial charge in [-0.1, -0.05) is 18.5 Å². The third-order valence-corrected chi connectivity index (χ3v) is 3.76. The first kappa shape index (κ1) is 15.4. The van der Waals surface area contributed by atoms with E-state index in [2.05, 4.69) is 0 Å². The Kier molecular flexibility index (Phi) is 7.04. The molecule has 0 aliphatic rings. The molecule has 0 spiro atoms. The molecule has 0 fully saturated rings. The maximum Gasteiger partial charge on any atom is 0.207 e. The van der Waals surface area contributed by atoms with Crippen LogP contribution in [0.5, 0.6) is 0 Å². The van der Waals surface area contributed by atoms with E-state index in [1.165, 1.54) is 0 Å². The van der Waals surface area contributed by atoms with Crippen molar-refractivity contribution in [2.45, 2.75) is 44.6 Å². The van der Waals surface area contributed by atoms with Crippen LogP contribution in [0.15, 0.2) is 0 Å². The highest BCUT2D eigenvalue weighted by molar-refractivity contribution is 6.44. The number of hydrogen-bond acceptors (Lipinski definition) is 3. The third kappa shape index (κ3) is 3.71. The first-order valence-electron chi connectivity index (χ1n) is 5.60. The molecule has 92 valence electrons. The van der Waals surface area contributed by atoms with E-state index in [1.54, 1.807) is 0 Å². The molecule has 0 rings (SSSR count). The summed E-state index contributed by atoms with van der Waals surface area (Å²) in [5, 5.41) is 0. The van der Waals surface area contributed by atoms with Crippen LogP contribution in [0.3, 0.4) is 0 Å². The van der Waals surface area contributed by atoms with Crippen molar-refractivity contribution in [1.82, 2.24) is 0 Å². The summed E-state index contributed by atoms with van der Waals surface area (Å²) in [6.07, 6.45) is 0.682. The predicted molar refractivity (Wildman–Crippen MR) is 66.4 cm³/mol.